The molecule has 1 aromatic heterocycles. The Morgan fingerprint density at radius 3 is 1.65 bits per heavy atom. The number of rotatable bonds is 5. The Labute approximate surface area is 410 Å². The molecule has 3 heterocycles. The van der Waals surface area contributed by atoms with Crippen molar-refractivity contribution in [3.8, 4) is 0 Å². The highest BCUT2D eigenvalue weighted by Gasteiger charge is 2.47. The molecule has 0 radical (unpaired) electrons. The average Bonchev–Trinajstić information content (AvgIpc) is 3.75. The first-order valence-corrected chi connectivity index (χ1v) is 25.6. The van der Waals surface area contributed by atoms with Gasteiger partial charge in [-0.1, -0.05) is 157 Å². The van der Waals surface area contributed by atoms with Crippen molar-refractivity contribution in [1.82, 2.24) is 0 Å². The van der Waals surface area contributed by atoms with E-state index in [4.69, 9.17) is 0 Å². The van der Waals surface area contributed by atoms with Gasteiger partial charge in [-0.3, -0.25) is 0 Å². The van der Waals surface area contributed by atoms with Crippen molar-refractivity contribution >= 4 is 95.0 Å². The van der Waals surface area contributed by atoms with E-state index in [0.717, 1.165) is 23.5 Å². The first-order valence-electron chi connectivity index (χ1n) is 24.8. The Hall–Kier alpha value is -6.04. The van der Waals surface area contributed by atoms with Gasteiger partial charge >= 0.3 is 0 Å². The van der Waals surface area contributed by atoms with E-state index in [2.05, 4.69) is 256 Å². The lowest BCUT2D eigenvalue weighted by atomic mass is 9.36. The van der Waals surface area contributed by atoms with Gasteiger partial charge in [0, 0.05) is 60.4 Å². The van der Waals surface area contributed by atoms with Gasteiger partial charge in [0.2, 0.25) is 0 Å². The third-order valence-corrected chi connectivity index (χ3v) is 16.5. The molecule has 7 aromatic carbocycles. The first kappa shape index (κ1) is 44.5. The van der Waals surface area contributed by atoms with Gasteiger partial charge in [-0.05, 0) is 157 Å². The molecule has 8 aromatic rings. The van der Waals surface area contributed by atoms with Crippen molar-refractivity contribution in [2.75, 3.05) is 14.7 Å². The summed E-state index contributed by atoms with van der Waals surface area (Å²) in [6, 6.07) is 58.3. The Kier molecular flexibility index (Phi) is 9.96. The van der Waals surface area contributed by atoms with Gasteiger partial charge in [0.15, 0.2) is 0 Å². The van der Waals surface area contributed by atoms with Gasteiger partial charge in [0.1, 0.15) is 0 Å². The first-order chi connectivity index (χ1) is 32.1. The maximum atomic E-state index is 2.65. The Balaban J connectivity index is 1.26. The summed E-state index contributed by atoms with van der Waals surface area (Å²) in [5, 5.41) is 1.33. The monoisotopic (exact) mass is 908 g/mol. The second-order valence-corrected chi connectivity index (χ2v) is 25.4. The van der Waals surface area contributed by atoms with Crippen molar-refractivity contribution in [2.45, 2.75) is 124 Å². The third-order valence-electron chi connectivity index (χ3n) is 15.3. The molecule has 0 N–H and O–H groups in total. The molecule has 0 atom stereocenters. The van der Waals surface area contributed by atoms with Gasteiger partial charge < -0.3 is 14.7 Å². The summed E-state index contributed by atoms with van der Waals surface area (Å²) in [6.07, 6.45) is 1.12. The summed E-state index contributed by atoms with van der Waals surface area (Å²) in [4.78, 5) is 7.72. The second-order valence-electron chi connectivity index (χ2n) is 24.3. The number of benzene rings is 7. The summed E-state index contributed by atoms with van der Waals surface area (Å²) in [5.41, 5.74) is 20.6. The molecule has 0 bridgehead atoms. The molecule has 2 aliphatic heterocycles. The normalized spacial score (nSPS) is 15.8. The number of thiophene rings is 1. The second kappa shape index (κ2) is 15.2. The molecule has 0 unspecified atom stereocenters. The third kappa shape index (κ3) is 7.13. The molecule has 342 valence electrons. The quantitative estimate of drug-likeness (QED) is 0.159. The van der Waals surface area contributed by atoms with Crippen LogP contribution in [0.5, 0.6) is 0 Å². The van der Waals surface area contributed by atoms with Gasteiger partial charge in [0.05, 0.1) is 5.69 Å². The smallest absolute Gasteiger partial charge is 0.264 e. The van der Waals surface area contributed by atoms with E-state index < -0.39 is 0 Å². The van der Waals surface area contributed by atoms with E-state index in [9.17, 15) is 0 Å². The van der Waals surface area contributed by atoms with Crippen LogP contribution in [0.2, 0.25) is 0 Å². The predicted molar refractivity (Wildman–Crippen MR) is 297 cm³/mol. The zero-order valence-corrected chi connectivity index (χ0v) is 43.3. The van der Waals surface area contributed by atoms with E-state index in [1.54, 1.807) is 0 Å². The van der Waals surface area contributed by atoms with Crippen molar-refractivity contribution in [1.29, 1.82) is 0 Å². The molecule has 0 saturated heterocycles. The van der Waals surface area contributed by atoms with Crippen LogP contribution in [-0.2, 0) is 27.1 Å². The standard InChI is InChI=1S/C63H66BN3S/c1-59(2,3)40-24-27-45(28-25-40)67-54-36-42(61(7,8)9)35-53-56(54)64(58-57(67)48-34-41(60(4,5)6)26-33-55(48)68-58)51-32-30-47(65(43-20-16-14-17-21-43)44-22-18-15-19-23-44)38-52(51)66(53)46-29-31-49-50(37-46)63(12,13)39-62(49,10)11/h14-38H,39H2,1-13H3. The molecule has 0 fully saturated rings. The largest absolute Gasteiger partial charge is 0.311 e. The van der Waals surface area contributed by atoms with E-state index in [0.29, 0.717) is 0 Å². The van der Waals surface area contributed by atoms with Crippen LogP contribution in [0.4, 0.5) is 51.2 Å². The van der Waals surface area contributed by atoms with Gasteiger partial charge in [0.25, 0.3) is 6.71 Å². The summed E-state index contributed by atoms with van der Waals surface area (Å²) in [5.74, 6) is 0. The van der Waals surface area contributed by atoms with Crippen LogP contribution < -0.4 is 30.4 Å². The highest BCUT2D eigenvalue weighted by Crippen LogP contribution is 2.54. The maximum absolute atomic E-state index is 2.65. The number of para-hydroxylation sites is 2. The zero-order chi connectivity index (χ0) is 47.9. The number of fused-ring (bicyclic) bond motifs is 7. The fourth-order valence-electron chi connectivity index (χ4n) is 11.9. The highest BCUT2D eigenvalue weighted by molar-refractivity contribution is 7.33. The van der Waals surface area contributed by atoms with Crippen LogP contribution >= 0.6 is 11.3 Å². The number of anilines is 9. The molecule has 5 heteroatoms. The van der Waals surface area contributed by atoms with Crippen LogP contribution in [-0.4, -0.2) is 6.71 Å². The lowest BCUT2D eigenvalue weighted by molar-refractivity contribution is 0.403. The topological polar surface area (TPSA) is 9.72 Å². The average molecular weight is 908 g/mol. The molecule has 0 spiro atoms. The van der Waals surface area contributed by atoms with Gasteiger partial charge in [-0.25, -0.2) is 0 Å². The van der Waals surface area contributed by atoms with Crippen LogP contribution in [0, 0.1) is 0 Å². The Bertz CT molecular complexity index is 3230. The SMILES string of the molecule is CC(C)(C)c1ccc(N2c3cc(C(C)(C)C)cc4c3B(c3ccc(N(c5ccccc5)c5ccccc5)cc3N4c3ccc4c(c3)C(C)(C)CC4(C)C)c3sc4ccc(C(C)(C)C)cc4c32)cc1. The number of hydrogen-bond donors (Lipinski definition) is 0. The van der Waals surface area contributed by atoms with Crippen LogP contribution in [0.3, 0.4) is 0 Å². The van der Waals surface area contributed by atoms with Crippen molar-refractivity contribution in [2.24, 2.45) is 0 Å². The minimum Gasteiger partial charge on any atom is -0.311 e. The molecule has 11 rings (SSSR count). The van der Waals surface area contributed by atoms with Crippen LogP contribution in [0.15, 0.2) is 152 Å². The molecule has 3 aliphatic rings. The lowest BCUT2D eigenvalue weighted by Gasteiger charge is -2.44. The fraction of sp³-hybridized carbons (Fsp3) is 0.302. The molecular formula is C63H66BN3S. The van der Waals surface area contributed by atoms with E-state index in [1.165, 1.54) is 87.7 Å². The maximum Gasteiger partial charge on any atom is 0.264 e. The minimum absolute atomic E-state index is 0.00128. The molecule has 68 heavy (non-hydrogen) atoms. The molecule has 0 amide bonds. The van der Waals surface area contributed by atoms with Gasteiger partial charge in [-0.15, -0.1) is 11.3 Å². The minimum atomic E-state index is -0.131. The fourth-order valence-corrected chi connectivity index (χ4v) is 13.2. The van der Waals surface area contributed by atoms with Crippen molar-refractivity contribution < 1.29 is 0 Å². The zero-order valence-electron chi connectivity index (χ0n) is 42.5. The number of hydrogen-bond acceptors (Lipinski definition) is 4. The predicted octanol–water partition coefficient (Wildman–Crippen LogP) is 16.3. The van der Waals surface area contributed by atoms with E-state index >= 15 is 0 Å². The highest BCUT2D eigenvalue weighted by atomic mass is 32.1. The molecular weight excluding hydrogens is 842 g/mol. The molecule has 1 aliphatic carbocycles. The van der Waals surface area contributed by atoms with Crippen LogP contribution in [0.1, 0.15) is 124 Å². The molecule has 0 saturated carbocycles. The van der Waals surface area contributed by atoms with E-state index in [1.807, 2.05) is 11.3 Å². The Morgan fingerprint density at radius 1 is 0.485 bits per heavy atom. The summed E-state index contributed by atoms with van der Waals surface area (Å²) < 4.78 is 2.73. The molecule has 3 nitrogen and oxygen atoms in total. The lowest BCUT2D eigenvalue weighted by Crippen LogP contribution is -2.60. The summed E-state index contributed by atoms with van der Waals surface area (Å²) in [6.45, 7) is 30.8. The Morgan fingerprint density at radius 2 is 1.04 bits per heavy atom. The number of nitrogens with zero attached hydrogens (tertiary/aromatic N) is 3. The summed E-state index contributed by atoms with van der Waals surface area (Å²) >= 11 is 1.98. The summed E-state index contributed by atoms with van der Waals surface area (Å²) in [7, 11) is 0. The van der Waals surface area contributed by atoms with Crippen LogP contribution in [0.25, 0.3) is 10.1 Å². The van der Waals surface area contributed by atoms with Gasteiger partial charge in [-0.2, -0.15) is 0 Å². The van der Waals surface area contributed by atoms with Crippen molar-refractivity contribution in [3.05, 3.63) is 179 Å². The van der Waals surface area contributed by atoms with E-state index in [-0.39, 0.29) is 33.8 Å². The van der Waals surface area contributed by atoms with Crippen molar-refractivity contribution in [3.63, 3.8) is 0 Å².